The van der Waals surface area contributed by atoms with Crippen LogP contribution in [0.4, 0.5) is 0 Å². The number of amides is 5. The maximum atomic E-state index is 13.3. The summed E-state index contributed by atoms with van der Waals surface area (Å²) >= 11 is 0. The van der Waals surface area contributed by atoms with Crippen molar-refractivity contribution in [3.8, 4) is 0 Å². The van der Waals surface area contributed by atoms with Crippen molar-refractivity contribution < 1.29 is 234 Å². The standard InChI is InChI=1S/C64H107N5O48S/c1-15-34(79)46(91)49(94)61(104-15)101-13-28-52(44(89)29(56(96)105-28)65-16(2)74)113-60-33(69-20(6)78)45(90)51(24(10-73)109-60)114-62-50(95)53(115-64-55(47(92)37(82)23(9-72)108-64)117-59-32(68-19(5)77)43(88)38(83)27(110-59)14-103-118(97,98)99)40(85)26(111-62)12-102-63-54(116-58-31(67-18(4)76)42(87)36(81)22(8-71)107-58)48(93)39(84)25(112-63)11-100-57-30(66-17(3)75)41(86)35(80)21(7-70)106-57/h15,21-64,70-73,79-96H,7-14H2,1-6H3,(H,65,74)(H,66,75)(H,67,76)(H,68,77)(H,69,78)(H,97,98,99)/t15-,21+,22+,23+,24+,25+,26+,27+,28+,29+,30+,31+,32+,33+,34+,35+,36+,37+,38+,39+,40+,41+,42+,43+,44+,45+,46+,47-,48-,49-,50-,51+,52+,53-,54-,55-,56+,57+,58-,59-,60-,61+,62-,63-,64+/m0/s1. The topological polar surface area (TPSA) is 811 Å². The zero-order valence-corrected chi connectivity index (χ0v) is 64.4. The van der Waals surface area contributed by atoms with Crippen molar-refractivity contribution in [2.24, 2.45) is 0 Å². The Bertz CT molecular complexity index is 3360. The van der Waals surface area contributed by atoms with E-state index in [0.717, 1.165) is 34.6 Å². The van der Waals surface area contributed by atoms with Gasteiger partial charge in [0.15, 0.2) is 56.6 Å². The minimum absolute atomic E-state index is 0.815. The molecule has 9 fully saturated rings. The quantitative estimate of drug-likeness (QED) is 0.0287. The average Bonchev–Trinajstić information content (AvgIpc) is 0.766. The lowest BCUT2D eigenvalue weighted by molar-refractivity contribution is -0.396. The Hall–Kier alpha value is -4.34. The van der Waals surface area contributed by atoms with Crippen molar-refractivity contribution >= 4 is 39.9 Å². The Morgan fingerprint density at radius 2 is 0.602 bits per heavy atom. The normalized spacial score (nSPS) is 47.1. The van der Waals surface area contributed by atoms with Gasteiger partial charge in [-0.25, -0.2) is 4.18 Å². The first kappa shape index (κ1) is 97.5. The number of aliphatic hydroxyl groups is 22. The highest BCUT2D eigenvalue weighted by Gasteiger charge is 2.61. The van der Waals surface area contributed by atoms with Crippen LogP contribution in [0.1, 0.15) is 41.5 Å². The number of hydrogen-bond acceptors (Lipinski definition) is 47. The van der Waals surface area contributed by atoms with E-state index in [0.29, 0.717) is 0 Å². The van der Waals surface area contributed by atoms with Crippen LogP contribution in [0, 0.1) is 0 Å². The highest BCUT2D eigenvalue weighted by atomic mass is 32.3. The molecule has 118 heavy (non-hydrogen) atoms. The SMILES string of the molecule is CC(=O)N[C@@H]1[C@@H](O)[C@H](O[C@@H]2O[C@H](CO)[C@@H](O[C@@H]3O[C@H](CO[C@H]4O[C@H](CO[C@@H]5O[C@H](CO)[C@@H](O)[C@H](O)[C@H]5NC(C)=O)[C@@H](O)[C@H](O)[C@@H]4O[C@@H]4O[C@H](CO)[C@@H](O)[C@H](O)[C@H]4NC(C)=O)[C@@H](O)[C@H](O[C@H]4O[C@H](CO)[C@@H](O)[C@H](O)[C@@H]4O[C@@H]4O[C@H](COS(=O)(=O)O)[C@@H](O)[C@H](O)[C@H]4NC(C)=O)[C@@H]3O)[C@H](O)[C@H]2NC(C)=O)[C@@H](CO[C@@H]2O[C@@H](C)[C@@H](O)[C@@H](O)[C@@H]2O)O[C@H]1O. The molecule has 0 aromatic rings. The third kappa shape index (κ3) is 22.8. The molecule has 5 amide bonds. The molecule has 9 aliphatic heterocycles. The molecule has 0 radical (unpaired) electrons. The van der Waals surface area contributed by atoms with E-state index in [1.54, 1.807) is 0 Å². The first-order valence-corrected chi connectivity index (χ1v) is 38.5. The fourth-order valence-electron chi connectivity index (χ4n) is 14.7. The third-order valence-corrected chi connectivity index (χ3v) is 21.3. The Kier molecular flexibility index (Phi) is 34.8. The predicted octanol–water partition coefficient (Wildman–Crippen LogP) is -19.1. The molecule has 0 bridgehead atoms. The summed E-state index contributed by atoms with van der Waals surface area (Å²) in [6.45, 7) is -2.90. The van der Waals surface area contributed by atoms with Gasteiger partial charge >= 0.3 is 10.4 Å². The van der Waals surface area contributed by atoms with Crippen molar-refractivity contribution in [3.05, 3.63) is 0 Å². The van der Waals surface area contributed by atoms with Gasteiger partial charge in [0, 0.05) is 34.6 Å². The Morgan fingerprint density at radius 1 is 0.280 bits per heavy atom. The number of ether oxygens (including phenoxy) is 17. The van der Waals surface area contributed by atoms with Gasteiger partial charge < -0.3 is 219 Å². The van der Waals surface area contributed by atoms with Crippen LogP contribution in [0.25, 0.3) is 0 Å². The number of carbonyl (C=O) groups is 5. The summed E-state index contributed by atoms with van der Waals surface area (Å²) in [4.78, 5) is 63.4. The molecule has 54 heteroatoms. The maximum absolute atomic E-state index is 13.3. The predicted molar refractivity (Wildman–Crippen MR) is 364 cm³/mol. The van der Waals surface area contributed by atoms with Gasteiger partial charge in [-0.3, -0.25) is 28.5 Å². The number of aliphatic hydroxyl groups excluding tert-OH is 22. The first-order chi connectivity index (χ1) is 55.4. The van der Waals surface area contributed by atoms with E-state index in [1.807, 2.05) is 0 Å². The number of nitrogens with one attached hydrogen (secondary N) is 5. The fraction of sp³-hybridized carbons (Fsp3) is 0.922. The summed E-state index contributed by atoms with van der Waals surface area (Å²) in [5.41, 5.74) is 0. The number of hydrogen-bond donors (Lipinski definition) is 28. The molecule has 0 saturated carbocycles. The van der Waals surface area contributed by atoms with E-state index < -0.39 is 369 Å². The lowest BCUT2D eigenvalue weighted by atomic mass is 9.93. The van der Waals surface area contributed by atoms with Crippen LogP contribution in [0.15, 0.2) is 0 Å². The van der Waals surface area contributed by atoms with E-state index in [2.05, 4.69) is 30.8 Å². The second-order valence-corrected chi connectivity index (χ2v) is 30.6. The van der Waals surface area contributed by atoms with Crippen LogP contribution in [-0.4, -0.2) is 484 Å². The van der Waals surface area contributed by atoms with Crippen molar-refractivity contribution in [2.45, 2.75) is 318 Å². The van der Waals surface area contributed by atoms with Gasteiger partial charge in [0.2, 0.25) is 29.5 Å². The van der Waals surface area contributed by atoms with Crippen LogP contribution in [0.2, 0.25) is 0 Å². The molecule has 9 saturated heterocycles. The van der Waals surface area contributed by atoms with Crippen molar-refractivity contribution in [2.75, 3.05) is 52.9 Å². The molecule has 0 aromatic heterocycles. The highest BCUT2D eigenvalue weighted by molar-refractivity contribution is 7.80. The minimum Gasteiger partial charge on any atom is -0.394 e. The molecule has 45 atom stereocenters. The third-order valence-electron chi connectivity index (χ3n) is 20.9. The summed E-state index contributed by atoms with van der Waals surface area (Å²) in [7, 11) is -5.34. The molecule has 0 unspecified atom stereocenters. The van der Waals surface area contributed by atoms with Crippen LogP contribution >= 0.6 is 0 Å². The van der Waals surface area contributed by atoms with E-state index >= 15 is 0 Å². The number of carbonyl (C=O) groups excluding carboxylic acids is 5. The molecule has 0 aromatic carbocycles. The summed E-state index contributed by atoms with van der Waals surface area (Å²) in [6, 6.07) is -9.26. The first-order valence-electron chi connectivity index (χ1n) is 37.1. The minimum atomic E-state index is -5.34. The smallest absolute Gasteiger partial charge is 0.394 e. The lowest BCUT2D eigenvalue weighted by Crippen LogP contribution is -2.71. The van der Waals surface area contributed by atoms with Crippen molar-refractivity contribution in [3.63, 3.8) is 0 Å². The van der Waals surface area contributed by atoms with Gasteiger partial charge in [-0.15, -0.1) is 0 Å². The van der Waals surface area contributed by atoms with E-state index in [4.69, 9.17) is 80.5 Å². The van der Waals surface area contributed by atoms with Crippen molar-refractivity contribution in [1.29, 1.82) is 0 Å². The van der Waals surface area contributed by atoms with E-state index in [9.17, 15) is 149 Å². The fourth-order valence-corrected chi connectivity index (χ4v) is 15.0. The summed E-state index contributed by atoms with van der Waals surface area (Å²) in [5.74, 6) is -4.55. The second kappa shape index (κ2) is 42.1. The molecule has 9 aliphatic rings. The van der Waals surface area contributed by atoms with Gasteiger partial charge in [-0.2, -0.15) is 8.42 Å². The maximum Gasteiger partial charge on any atom is 0.397 e. The van der Waals surface area contributed by atoms with Crippen LogP contribution < -0.4 is 26.6 Å². The Labute approximate surface area is 669 Å². The molecule has 9 heterocycles. The van der Waals surface area contributed by atoms with Crippen LogP contribution in [0.3, 0.4) is 0 Å². The summed E-state index contributed by atoms with van der Waals surface area (Å²) in [5, 5.41) is 260. The van der Waals surface area contributed by atoms with Gasteiger partial charge in [-0.05, 0) is 6.92 Å². The van der Waals surface area contributed by atoms with Crippen LogP contribution in [0.5, 0.6) is 0 Å². The Balaban J connectivity index is 1.09. The Morgan fingerprint density at radius 3 is 1.09 bits per heavy atom. The zero-order valence-electron chi connectivity index (χ0n) is 63.5. The highest BCUT2D eigenvalue weighted by Crippen LogP contribution is 2.39. The zero-order chi connectivity index (χ0) is 87.3. The number of rotatable bonds is 31. The van der Waals surface area contributed by atoms with Gasteiger partial charge in [-0.1, -0.05) is 0 Å². The monoisotopic (exact) mass is 1750 g/mol. The largest absolute Gasteiger partial charge is 0.397 e. The van der Waals surface area contributed by atoms with E-state index in [1.165, 1.54) is 6.92 Å². The molecule has 0 aliphatic carbocycles. The van der Waals surface area contributed by atoms with Gasteiger partial charge in [0.25, 0.3) is 0 Å². The van der Waals surface area contributed by atoms with Gasteiger partial charge in [0.1, 0.15) is 213 Å². The summed E-state index contributed by atoms with van der Waals surface area (Å²) in [6.07, 6.45) is -84.2. The average molecular weight is 1750 g/mol. The summed E-state index contributed by atoms with van der Waals surface area (Å²) < 4.78 is 139. The van der Waals surface area contributed by atoms with Crippen LogP contribution in [-0.2, 0) is 119 Å². The van der Waals surface area contributed by atoms with E-state index in [-0.39, 0.29) is 0 Å². The molecule has 9 rings (SSSR count). The second-order valence-electron chi connectivity index (χ2n) is 29.5. The van der Waals surface area contributed by atoms with Gasteiger partial charge in [0.05, 0.1) is 59.0 Å². The molecule has 53 nitrogen and oxygen atoms in total. The molecule has 28 N–H and O–H groups in total. The lowest BCUT2D eigenvalue weighted by Gasteiger charge is -2.51. The molecule has 682 valence electrons. The molecule has 0 spiro atoms. The van der Waals surface area contributed by atoms with Crippen molar-refractivity contribution in [1.82, 2.24) is 26.6 Å². The molecular formula is C64H107N5O48S. The molecular weight excluding hydrogens is 1640 g/mol.